The lowest BCUT2D eigenvalue weighted by molar-refractivity contribution is -0.133. The number of hydrogen-bond donors (Lipinski definition) is 1. The van der Waals surface area contributed by atoms with E-state index in [1.54, 1.807) is 0 Å². The average molecular weight is 298 g/mol. The molecule has 2 aromatic rings. The Kier molecular flexibility index (Phi) is 4.54. The van der Waals surface area contributed by atoms with E-state index < -0.39 is 5.97 Å². The van der Waals surface area contributed by atoms with E-state index in [0.29, 0.717) is 4.34 Å². The third-order valence-corrected chi connectivity index (χ3v) is 4.35. The lowest BCUT2D eigenvalue weighted by Crippen LogP contribution is -2.01. The topological polar surface area (TPSA) is 80.9 Å². The Hall–Kier alpha value is -1.41. The molecule has 0 saturated heterocycles. The molecule has 0 radical (unpaired) electrons. The van der Waals surface area contributed by atoms with Gasteiger partial charge in [-0.1, -0.05) is 30.0 Å². The maximum atomic E-state index is 10.5. The Balaban J connectivity index is 2.19. The molecule has 2 rings (SSSR count). The second kappa shape index (κ2) is 6.16. The van der Waals surface area contributed by atoms with E-state index in [9.17, 15) is 4.79 Å². The highest BCUT2D eigenvalue weighted by Gasteiger charge is 2.13. The van der Waals surface area contributed by atoms with Crippen LogP contribution in [0.1, 0.15) is 19.0 Å². The lowest BCUT2D eigenvalue weighted by Gasteiger charge is -2.01. The van der Waals surface area contributed by atoms with Gasteiger partial charge in [-0.2, -0.15) is 5.10 Å². The number of carboxylic acid groups (broad SMARTS) is 1. The zero-order valence-corrected chi connectivity index (χ0v) is 12.3. The standard InChI is InChI=1S/C11H14N4O2S2/c1-3-4-15-8(5-7(2)14-15)10-12-13-11(19-10)18-6-9(16)17/h5H,3-4,6H2,1-2H3,(H,16,17). The first-order valence-electron chi connectivity index (χ1n) is 5.83. The van der Waals surface area contributed by atoms with Gasteiger partial charge in [0.1, 0.15) is 0 Å². The van der Waals surface area contributed by atoms with Crippen molar-refractivity contribution in [3.8, 4) is 10.7 Å². The van der Waals surface area contributed by atoms with Crippen LogP contribution in [0.2, 0.25) is 0 Å². The summed E-state index contributed by atoms with van der Waals surface area (Å²) in [5, 5.41) is 21.9. The summed E-state index contributed by atoms with van der Waals surface area (Å²) in [6.45, 7) is 4.87. The lowest BCUT2D eigenvalue weighted by atomic mass is 10.4. The Morgan fingerprint density at radius 1 is 1.53 bits per heavy atom. The highest BCUT2D eigenvalue weighted by molar-refractivity contribution is 8.01. The molecule has 102 valence electrons. The zero-order chi connectivity index (χ0) is 13.8. The molecule has 0 aliphatic rings. The van der Waals surface area contributed by atoms with Crippen molar-refractivity contribution in [2.75, 3.05) is 5.75 Å². The average Bonchev–Trinajstić information content (AvgIpc) is 2.94. The van der Waals surface area contributed by atoms with Crippen molar-refractivity contribution in [2.24, 2.45) is 0 Å². The maximum absolute atomic E-state index is 10.5. The Bertz CT molecular complexity index is 579. The molecular weight excluding hydrogens is 284 g/mol. The van der Waals surface area contributed by atoms with E-state index >= 15 is 0 Å². The molecule has 0 bridgehead atoms. The van der Waals surface area contributed by atoms with E-state index in [0.717, 1.165) is 29.4 Å². The van der Waals surface area contributed by atoms with Crippen LogP contribution in [0.5, 0.6) is 0 Å². The minimum Gasteiger partial charge on any atom is -0.481 e. The molecule has 0 atom stereocenters. The van der Waals surface area contributed by atoms with Crippen LogP contribution in [-0.2, 0) is 11.3 Å². The summed E-state index contributed by atoms with van der Waals surface area (Å²) in [5.74, 6) is -0.851. The van der Waals surface area contributed by atoms with Gasteiger partial charge in [-0.05, 0) is 19.4 Å². The first-order chi connectivity index (χ1) is 9.10. The number of aryl methyl sites for hydroxylation is 2. The molecular formula is C11H14N4O2S2. The quantitative estimate of drug-likeness (QED) is 0.824. The van der Waals surface area contributed by atoms with Crippen LogP contribution in [0, 0.1) is 6.92 Å². The van der Waals surface area contributed by atoms with Crippen molar-refractivity contribution in [2.45, 2.75) is 31.2 Å². The molecule has 0 aliphatic heterocycles. The van der Waals surface area contributed by atoms with Gasteiger partial charge in [0.05, 0.1) is 17.1 Å². The molecule has 2 heterocycles. The minimum atomic E-state index is -0.853. The summed E-state index contributed by atoms with van der Waals surface area (Å²) in [4.78, 5) is 10.5. The highest BCUT2D eigenvalue weighted by atomic mass is 32.2. The van der Waals surface area contributed by atoms with Gasteiger partial charge >= 0.3 is 5.97 Å². The van der Waals surface area contributed by atoms with Crippen LogP contribution in [0.15, 0.2) is 10.4 Å². The van der Waals surface area contributed by atoms with Crippen molar-refractivity contribution in [1.82, 2.24) is 20.0 Å². The first-order valence-corrected chi connectivity index (χ1v) is 7.63. The van der Waals surface area contributed by atoms with Gasteiger partial charge in [0.15, 0.2) is 9.35 Å². The van der Waals surface area contributed by atoms with Crippen molar-refractivity contribution in [1.29, 1.82) is 0 Å². The van der Waals surface area contributed by atoms with E-state index in [-0.39, 0.29) is 5.75 Å². The van der Waals surface area contributed by atoms with Gasteiger partial charge < -0.3 is 5.11 Å². The molecule has 2 aromatic heterocycles. The summed E-state index contributed by atoms with van der Waals surface area (Å²) in [6, 6.07) is 1.97. The van der Waals surface area contributed by atoms with Gasteiger partial charge in [0, 0.05) is 6.54 Å². The normalized spacial score (nSPS) is 10.8. The monoisotopic (exact) mass is 298 g/mol. The summed E-state index contributed by atoms with van der Waals surface area (Å²) in [7, 11) is 0. The second-order valence-electron chi connectivity index (χ2n) is 3.95. The Labute approximate surface area is 118 Å². The van der Waals surface area contributed by atoms with Crippen LogP contribution in [-0.4, -0.2) is 36.8 Å². The Morgan fingerprint density at radius 2 is 2.32 bits per heavy atom. The number of rotatable bonds is 6. The van der Waals surface area contributed by atoms with Gasteiger partial charge in [0.25, 0.3) is 0 Å². The smallest absolute Gasteiger partial charge is 0.313 e. The minimum absolute atomic E-state index is 0.00187. The maximum Gasteiger partial charge on any atom is 0.313 e. The van der Waals surface area contributed by atoms with Crippen LogP contribution in [0.25, 0.3) is 10.7 Å². The van der Waals surface area contributed by atoms with Gasteiger partial charge in [-0.25, -0.2) is 0 Å². The van der Waals surface area contributed by atoms with Crippen molar-refractivity contribution < 1.29 is 9.90 Å². The molecule has 6 nitrogen and oxygen atoms in total. The highest BCUT2D eigenvalue weighted by Crippen LogP contribution is 2.29. The third-order valence-electron chi connectivity index (χ3n) is 2.28. The van der Waals surface area contributed by atoms with Gasteiger partial charge in [0.2, 0.25) is 0 Å². The van der Waals surface area contributed by atoms with Crippen molar-refractivity contribution >= 4 is 29.1 Å². The van der Waals surface area contributed by atoms with Crippen LogP contribution in [0.3, 0.4) is 0 Å². The van der Waals surface area contributed by atoms with E-state index in [1.807, 2.05) is 17.7 Å². The molecule has 8 heteroatoms. The fraction of sp³-hybridized carbons (Fsp3) is 0.455. The van der Waals surface area contributed by atoms with Crippen molar-refractivity contribution in [3.05, 3.63) is 11.8 Å². The van der Waals surface area contributed by atoms with Crippen LogP contribution < -0.4 is 0 Å². The van der Waals surface area contributed by atoms with E-state index in [1.165, 1.54) is 23.1 Å². The number of nitrogens with zero attached hydrogens (tertiary/aromatic N) is 4. The summed E-state index contributed by atoms with van der Waals surface area (Å²) in [6.07, 6.45) is 0.994. The number of carbonyl (C=O) groups is 1. The fourth-order valence-corrected chi connectivity index (χ4v) is 3.19. The fourth-order valence-electron chi connectivity index (χ4n) is 1.59. The first kappa shape index (κ1) is 14.0. The largest absolute Gasteiger partial charge is 0.481 e. The predicted molar refractivity (Wildman–Crippen MR) is 74.5 cm³/mol. The molecule has 0 amide bonds. The van der Waals surface area contributed by atoms with Crippen LogP contribution >= 0.6 is 23.1 Å². The Morgan fingerprint density at radius 3 is 3.00 bits per heavy atom. The third kappa shape index (κ3) is 3.54. The molecule has 19 heavy (non-hydrogen) atoms. The zero-order valence-electron chi connectivity index (χ0n) is 10.7. The van der Waals surface area contributed by atoms with Crippen LogP contribution in [0.4, 0.5) is 0 Å². The summed E-state index contributed by atoms with van der Waals surface area (Å²) < 4.78 is 2.58. The van der Waals surface area contributed by atoms with Gasteiger partial charge in [-0.15, -0.1) is 10.2 Å². The van der Waals surface area contributed by atoms with E-state index in [2.05, 4.69) is 22.2 Å². The molecule has 0 spiro atoms. The number of carboxylic acids is 1. The second-order valence-corrected chi connectivity index (χ2v) is 6.15. The van der Waals surface area contributed by atoms with Gasteiger partial charge in [-0.3, -0.25) is 9.48 Å². The van der Waals surface area contributed by atoms with E-state index in [4.69, 9.17) is 5.11 Å². The number of aromatic nitrogens is 4. The molecule has 0 fully saturated rings. The molecule has 1 N–H and O–H groups in total. The predicted octanol–water partition coefficient (Wildman–Crippen LogP) is 2.30. The van der Waals surface area contributed by atoms with Crippen molar-refractivity contribution in [3.63, 3.8) is 0 Å². The number of aliphatic carboxylic acids is 1. The molecule has 0 aromatic carbocycles. The molecule has 0 unspecified atom stereocenters. The summed E-state index contributed by atoms with van der Waals surface area (Å²) >= 11 is 2.58. The SMILES string of the molecule is CCCn1nc(C)cc1-c1nnc(SCC(=O)O)s1. The summed E-state index contributed by atoms with van der Waals surface area (Å²) in [5.41, 5.74) is 1.89. The molecule has 0 aliphatic carbocycles. The molecule has 0 saturated carbocycles. The number of hydrogen-bond acceptors (Lipinski definition) is 6. The number of thioether (sulfide) groups is 1.